The van der Waals surface area contributed by atoms with Crippen molar-refractivity contribution >= 4 is 17.7 Å². The van der Waals surface area contributed by atoms with Crippen LogP contribution in [0.5, 0.6) is 0 Å². The third kappa shape index (κ3) is 4.01. The number of nitrogens with two attached hydrogens (primary N) is 1. The van der Waals surface area contributed by atoms with E-state index in [9.17, 15) is 14.4 Å². The number of carbonyl (C=O) groups is 3. The van der Waals surface area contributed by atoms with E-state index in [2.05, 4.69) is 30.5 Å². The minimum atomic E-state index is -0.578. The molecule has 2 fully saturated rings. The normalized spacial score (nSPS) is 28.4. The third-order valence-corrected chi connectivity index (χ3v) is 7.05. The molecular weight excluding hydrogens is 380 g/mol. The number of benzene rings is 1. The summed E-state index contributed by atoms with van der Waals surface area (Å²) in [6.07, 6.45) is 4.05. The highest BCUT2D eigenvalue weighted by molar-refractivity contribution is 6.05. The van der Waals surface area contributed by atoms with Gasteiger partial charge in [-0.3, -0.25) is 19.7 Å². The van der Waals surface area contributed by atoms with Crippen molar-refractivity contribution in [3.63, 3.8) is 0 Å². The summed E-state index contributed by atoms with van der Waals surface area (Å²) in [5, 5.41) is 6.05. The van der Waals surface area contributed by atoms with Crippen LogP contribution in [0.3, 0.4) is 0 Å². The van der Waals surface area contributed by atoms with Crippen molar-refractivity contribution in [1.29, 1.82) is 0 Å². The maximum atomic E-state index is 13.0. The van der Waals surface area contributed by atoms with Gasteiger partial charge in [-0.2, -0.15) is 0 Å². The molecule has 1 saturated carbocycles. The number of imide groups is 1. The smallest absolute Gasteiger partial charge is 0.255 e. The Bertz CT molecular complexity index is 866. The summed E-state index contributed by atoms with van der Waals surface area (Å²) in [5.74, 6) is -0.314. The lowest BCUT2D eigenvalue weighted by Gasteiger charge is -2.41. The zero-order valence-corrected chi connectivity index (χ0v) is 17.9. The number of nitrogens with one attached hydrogen (secondary N) is 2. The standard InChI is InChI=1S/C23H32N4O3/c1-23(2)9-8-18(15(10-23)11-24)25-12-14-4-3-5-16-17(14)13-27(22(16)30)19-6-7-20(28)26-21(19)29/h3-5,15,18-19,25H,6-13,24H2,1-2H3,(H,26,28,29). The third-order valence-electron chi connectivity index (χ3n) is 7.05. The number of amides is 3. The predicted molar refractivity (Wildman–Crippen MR) is 113 cm³/mol. The first kappa shape index (κ1) is 21.0. The van der Waals surface area contributed by atoms with Gasteiger partial charge in [0.25, 0.3) is 5.91 Å². The summed E-state index contributed by atoms with van der Waals surface area (Å²) in [5.41, 5.74) is 9.15. The molecule has 3 aliphatic rings. The lowest BCUT2D eigenvalue weighted by Crippen LogP contribution is -2.52. The maximum Gasteiger partial charge on any atom is 0.255 e. The van der Waals surface area contributed by atoms with Gasteiger partial charge >= 0.3 is 0 Å². The number of nitrogens with zero attached hydrogens (tertiary/aromatic N) is 1. The van der Waals surface area contributed by atoms with Crippen LogP contribution in [0.25, 0.3) is 0 Å². The molecule has 0 spiro atoms. The number of fused-ring (bicyclic) bond motifs is 1. The number of rotatable bonds is 5. The van der Waals surface area contributed by atoms with Crippen molar-refractivity contribution in [3.05, 3.63) is 34.9 Å². The van der Waals surface area contributed by atoms with Crippen LogP contribution >= 0.6 is 0 Å². The zero-order valence-electron chi connectivity index (χ0n) is 17.9. The van der Waals surface area contributed by atoms with Crippen molar-refractivity contribution in [1.82, 2.24) is 15.5 Å². The van der Waals surface area contributed by atoms with Gasteiger partial charge in [0.05, 0.1) is 0 Å². The highest BCUT2D eigenvalue weighted by Crippen LogP contribution is 2.38. The summed E-state index contributed by atoms with van der Waals surface area (Å²) < 4.78 is 0. The van der Waals surface area contributed by atoms with Gasteiger partial charge < -0.3 is 16.0 Å². The molecule has 30 heavy (non-hydrogen) atoms. The Labute approximate surface area is 177 Å². The van der Waals surface area contributed by atoms with E-state index in [1.54, 1.807) is 4.90 Å². The SMILES string of the molecule is CC1(C)CCC(NCc2cccc3c2CN(C2CCC(=O)NC2=O)C3=O)C(CN)C1. The minimum Gasteiger partial charge on any atom is -0.330 e. The van der Waals surface area contributed by atoms with Crippen LogP contribution in [0, 0.1) is 11.3 Å². The van der Waals surface area contributed by atoms with Crippen molar-refractivity contribution in [2.75, 3.05) is 6.54 Å². The largest absolute Gasteiger partial charge is 0.330 e. The van der Waals surface area contributed by atoms with Crippen LogP contribution in [0.1, 0.15) is 67.4 Å². The fourth-order valence-corrected chi connectivity index (χ4v) is 5.31. The summed E-state index contributed by atoms with van der Waals surface area (Å²) >= 11 is 0. The fourth-order valence-electron chi connectivity index (χ4n) is 5.31. The van der Waals surface area contributed by atoms with E-state index in [1.807, 2.05) is 12.1 Å². The Morgan fingerprint density at radius 3 is 2.77 bits per heavy atom. The molecule has 1 aromatic rings. The Kier molecular flexibility index (Phi) is 5.68. The molecule has 1 aromatic carbocycles. The van der Waals surface area contributed by atoms with Gasteiger partial charge in [-0.05, 0) is 60.8 Å². The molecule has 2 heterocycles. The molecule has 0 aromatic heterocycles. The van der Waals surface area contributed by atoms with Crippen LogP contribution in [0.4, 0.5) is 0 Å². The van der Waals surface area contributed by atoms with Gasteiger partial charge in [-0.15, -0.1) is 0 Å². The van der Waals surface area contributed by atoms with Crippen LogP contribution in [-0.4, -0.2) is 41.2 Å². The van der Waals surface area contributed by atoms with Crippen LogP contribution < -0.4 is 16.4 Å². The average Bonchev–Trinajstić information content (AvgIpc) is 3.04. The van der Waals surface area contributed by atoms with Gasteiger partial charge in [0.15, 0.2) is 0 Å². The molecule has 4 N–H and O–H groups in total. The fraction of sp³-hybridized carbons (Fsp3) is 0.609. The van der Waals surface area contributed by atoms with Gasteiger partial charge in [0.1, 0.15) is 6.04 Å². The number of carbonyl (C=O) groups excluding carboxylic acids is 3. The van der Waals surface area contributed by atoms with Crippen molar-refractivity contribution in [2.45, 2.75) is 71.1 Å². The molecule has 3 amide bonds. The average molecular weight is 413 g/mol. The molecule has 3 unspecified atom stereocenters. The van der Waals surface area contributed by atoms with Crippen molar-refractivity contribution < 1.29 is 14.4 Å². The summed E-state index contributed by atoms with van der Waals surface area (Å²) in [6, 6.07) is 5.59. The monoisotopic (exact) mass is 412 g/mol. The van der Waals surface area contributed by atoms with Crippen LogP contribution in [0.2, 0.25) is 0 Å². The van der Waals surface area contributed by atoms with E-state index < -0.39 is 6.04 Å². The van der Waals surface area contributed by atoms with Crippen molar-refractivity contribution in [3.8, 4) is 0 Å². The summed E-state index contributed by atoms with van der Waals surface area (Å²) in [6.45, 7) is 6.39. The second-order valence-electron chi connectivity index (χ2n) is 9.73. The Morgan fingerprint density at radius 1 is 1.23 bits per heavy atom. The predicted octanol–water partition coefficient (Wildman–Crippen LogP) is 1.69. The first-order chi connectivity index (χ1) is 14.3. The minimum absolute atomic E-state index is 0.124. The molecule has 162 valence electrons. The van der Waals surface area contributed by atoms with Gasteiger partial charge in [-0.1, -0.05) is 26.0 Å². The molecular formula is C23H32N4O3. The van der Waals surface area contributed by atoms with E-state index in [1.165, 1.54) is 6.42 Å². The molecule has 7 heteroatoms. The Morgan fingerprint density at radius 2 is 2.03 bits per heavy atom. The van der Waals surface area contributed by atoms with E-state index >= 15 is 0 Å². The van der Waals surface area contributed by atoms with E-state index in [-0.39, 0.29) is 24.1 Å². The van der Waals surface area contributed by atoms with Crippen LogP contribution in [-0.2, 0) is 22.7 Å². The molecule has 0 radical (unpaired) electrons. The van der Waals surface area contributed by atoms with Gasteiger partial charge in [-0.25, -0.2) is 0 Å². The lowest BCUT2D eigenvalue weighted by molar-refractivity contribution is -0.136. The Hall–Kier alpha value is -2.25. The maximum absolute atomic E-state index is 13.0. The molecule has 2 aliphatic heterocycles. The van der Waals surface area contributed by atoms with E-state index in [0.29, 0.717) is 49.0 Å². The van der Waals surface area contributed by atoms with Crippen molar-refractivity contribution in [2.24, 2.45) is 17.1 Å². The van der Waals surface area contributed by atoms with E-state index in [0.717, 1.165) is 24.0 Å². The summed E-state index contributed by atoms with van der Waals surface area (Å²) in [7, 11) is 0. The molecule has 0 bridgehead atoms. The second-order valence-corrected chi connectivity index (χ2v) is 9.73. The molecule has 1 saturated heterocycles. The first-order valence-corrected chi connectivity index (χ1v) is 11.0. The number of hydrogen-bond donors (Lipinski definition) is 3. The van der Waals surface area contributed by atoms with Crippen LogP contribution in [0.15, 0.2) is 18.2 Å². The topological polar surface area (TPSA) is 105 Å². The van der Waals surface area contributed by atoms with Gasteiger partial charge in [0, 0.05) is 31.1 Å². The zero-order chi connectivity index (χ0) is 21.5. The quantitative estimate of drug-likeness (QED) is 0.639. The molecule has 1 aliphatic carbocycles. The van der Waals surface area contributed by atoms with E-state index in [4.69, 9.17) is 5.73 Å². The highest BCUT2D eigenvalue weighted by atomic mass is 16.2. The lowest BCUT2D eigenvalue weighted by atomic mass is 9.70. The second kappa shape index (κ2) is 8.12. The van der Waals surface area contributed by atoms with Gasteiger partial charge in [0.2, 0.25) is 11.8 Å². The Balaban J connectivity index is 1.47. The molecule has 7 nitrogen and oxygen atoms in total. The summed E-state index contributed by atoms with van der Waals surface area (Å²) in [4.78, 5) is 38.3. The highest BCUT2D eigenvalue weighted by Gasteiger charge is 2.40. The first-order valence-electron chi connectivity index (χ1n) is 11.0. The molecule has 3 atom stereocenters. The number of hydrogen-bond acceptors (Lipinski definition) is 5. The molecule has 4 rings (SSSR count). The number of piperidine rings is 1.